The zero-order chi connectivity index (χ0) is 11.5. The number of hydrogen-bond acceptors (Lipinski definition) is 5. The lowest BCUT2D eigenvalue weighted by Gasteiger charge is -2.10. The van der Waals surface area contributed by atoms with E-state index in [9.17, 15) is 14.4 Å². The van der Waals surface area contributed by atoms with Gasteiger partial charge in [-0.15, -0.1) is 11.3 Å². The molecular formula is C8H8N4O3S. The normalized spacial score (nSPS) is 15.1. The van der Waals surface area contributed by atoms with Crippen molar-refractivity contribution in [1.82, 2.24) is 15.2 Å². The molecule has 1 aliphatic rings. The van der Waals surface area contributed by atoms with E-state index in [1.807, 2.05) is 0 Å². The average Bonchev–Trinajstić information content (AvgIpc) is 2.83. The molecule has 1 aliphatic heterocycles. The van der Waals surface area contributed by atoms with E-state index in [-0.39, 0.29) is 13.1 Å². The minimum Gasteiger partial charge on any atom is -0.329 e. The highest BCUT2D eigenvalue weighted by atomic mass is 32.1. The molecule has 2 heterocycles. The number of anilines is 1. The molecule has 1 aromatic heterocycles. The summed E-state index contributed by atoms with van der Waals surface area (Å²) in [5.41, 5.74) is 0. The first-order valence-electron chi connectivity index (χ1n) is 4.44. The number of rotatable bonds is 3. The number of carbonyl (C=O) groups is 3. The molecule has 0 spiro atoms. The highest BCUT2D eigenvalue weighted by Gasteiger charge is 2.30. The van der Waals surface area contributed by atoms with Crippen molar-refractivity contribution in [2.45, 2.75) is 0 Å². The van der Waals surface area contributed by atoms with Crippen LogP contribution in [-0.2, 0) is 9.59 Å². The molecule has 0 bridgehead atoms. The third-order valence-corrected chi connectivity index (χ3v) is 2.61. The topological polar surface area (TPSA) is 91.4 Å². The molecule has 0 saturated carbocycles. The van der Waals surface area contributed by atoms with E-state index in [4.69, 9.17) is 0 Å². The van der Waals surface area contributed by atoms with Gasteiger partial charge in [0.2, 0.25) is 5.91 Å². The first-order valence-corrected chi connectivity index (χ1v) is 5.32. The fourth-order valence-electron chi connectivity index (χ4n) is 1.20. The summed E-state index contributed by atoms with van der Waals surface area (Å²) in [7, 11) is 0. The van der Waals surface area contributed by atoms with Gasteiger partial charge in [0.25, 0.3) is 5.91 Å². The van der Waals surface area contributed by atoms with Gasteiger partial charge in [0.15, 0.2) is 5.13 Å². The van der Waals surface area contributed by atoms with Crippen LogP contribution in [0.5, 0.6) is 0 Å². The predicted octanol–water partition coefficient (Wildman–Crippen LogP) is -0.367. The van der Waals surface area contributed by atoms with E-state index in [1.165, 1.54) is 11.3 Å². The van der Waals surface area contributed by atoms with Crippen LogP contribution in [0.25, 0.3) is 0 Å². The third kappa shape index (κ3) is 2.16. The monoisotopic (exact) mass is 240 g/mol. The van der Waals surface area contributed by atoms with Crippen LogP contribution in [0.1, 0.15) is 0 Å². The van der Waals surface area contributed by atoms with E-state index in [0.717, 1.165) is 4.90 Å². The second-order valence-corrected chi connectivity index (χ2v) is 3.92. The molecule has 1 fully saturated rings. The van der Waals surface area contributed by atoms with E-state index >= 15 is 0 Å². The van der Waals surface area contributed by atoms with Gasteiger partial charge in [-0.25, -0.2) is 9.78 Å². The summed E-state index contributed by atoms with van der Waals surface area (Å²) in [5, 5.41) is 6.97. The molecule has 0 aliphatic carbocycles. The summed E-state index contributed by atoms with van der Waals surface area (Å²) in [4.78, 5) is 38.5. The molecule has 1 saturated heterocycles. The lowest BCUT2D eigenvalue weighted by Crippen LogP contribution is -2.38. The van der Waals surface area contributed by atoms with Gasteiger partial charge < -0.3 is 10.6 Å². The summed E-state index contributed by atoms with van der Waals surface area (Å²) in [5.74, 6) is -0.848. The summed E-state index contributed by atoms with van der Waals surface area (Å²) >= 11 is 1.26. The number of carbonyl (C=O) groups excluding carboxylic acids is 3. The Kier molecular flexibility index (Phi) is 2.82. The van der Waals surface area contributed by atoms with E-state index in [2.05, 4.69) is 15.6 Å². The van der Waals surface area contributed by atoms with Crippen molar-refractivity contribution in [2.75, 3.05) is 18.4 Å². The van der Waals surface area contributed by atoms with Gasteiger partial charge in [0, 0.05) is 11.6 Å². The zero-order valence-electron chi connectivity index (χ0n) is 8.10. The van der Waals surface area contributed by atoms with Crippen molar-refractivity contribution in [3.63, 3.8) is 0 Å². The van der Waals surface area contributed by atoms with Gasteiger partial charge >= 0.3 is 6.03 Å². The second kappa shape index (κ2) is 4.27. The fourth-order valence-corrected chi connectivity index (χ4v) is 1.75. The molecule has 0 radical (unpaired) electrons. The fraction of sp³-hybridized carbons (Fsp3) is 0.250. The quantitative estimate of drug-likeness (QED) is 0.705. The number of thiazole rings is 1. The number of hydrogen-bond donors (Lipinski definition) is 2. The van der Waals surface area contributed by atoms with E-state index in [0.29, 0.717) is 5.13 Å². The van der Waals surface area contributed by atoms with Gasteiger partial charge in [-0.2, -0.15) is 0 Å². The number of amides is 4. The number of nitrogens with zero attached hydrogens (tertiary/aromatic N) is 2. The molecule has 2 rings (SSSR count). The van der Waals surface area contributed by atoms with Crippen molar-refractivity contribution in [3.8, 4) is 0 Å². The molecular weight excluding hydrogens is 232 g/mol. The number of urea groups is 1. The van der Waals surface area contributed by atoms with Gasteiger partial charge in [0.1, 0.15) is 6.54 Å². The highest BCUT2D eigenvalue weighted by molar-refractivity contribution is 7.13. The SMILES string of the molecule is O=C(CN1C(=O)CNC1=O)Nc1nccs1. The minimum absolute atomic E-state index is 0.0522. The highest BCUT2D eigenvalue weighted by Crippen LogP contribution is 2.10. The lowest BCUT2D eigenvalue weighted by molar-refractivity contribution is -0.128. The number of aromatic nitrogens is 1. The smallest absolute Gasteiger partial charge is 0.325 e. The van der Waals surface area contributed by atoms with Gasteiger partial charge in [-0.3, -0.25) is 14.5 Å². The Bertz CT molecular complexity index is 415. The van der Waals surface area contributed by atoms with Gasteiger partial charge in [-0.05, 0) is 0 Å². The lowest BCUT2D eigenvalue weighted by atomic mass is 10.5. The third-order valence-electron chi connectivity index (χ3n) is 1.92. The Morgan fingerprint density at radius 3 is 3.00 bits per heavy atom. The van der Waals surface area contributed by atoms with Crippen molar-refractivity contribution in [3.05, 3.63) is 11.6 Å². The Morgan fingerprint density at radius 2 is 2.44 bits per heavy atom. The van der Waals surface area contributed by atoms with Gasteiger partial charge in [0.05, 0.1) is 6.54 Å². The van der Waals surface area contributed by atoms with Crippen molar-refractivity contribution in [1.29, 1.82) is 0 Å². The van der Waals surface area contributed by atoms with Crippen LogP contribution in [0.4, 0.5) is 9.93 Å². The molecule has 8 heteroatoms. The molecule has 0 unspecified atom stereocenters. The van der Waals surface area contributed by atoms with Crippen LogP contribution in [0.2, 0.25) is 0 Å². The molecule has 84 valence electrons. The minimum atomic E-state index is -0.542. The molecule has 4 amide bonds. The summed E-state index contributed by atoms with van der Waals surface area (Å²) in [6, 6.07) is -0.542. The van der Waals surface area contributed by atoms with E-state index in [1.54, 1.807) is 11.6 Å². The molecule has 7 nitrogen and oxygen atoms in total. The van der Waals surface area contributed by atoms with Crippen LogP contribution in [-0.4, -0.2) is 40.8 Å². The van der Waals surface area contributed by atoms with Crippen molar-refractivity contribution in [2.24, 2.45) is 0 Å². The average molecular weight is 240 g/mol. The molecule has 1 aromatic rings. The second-order valence-electron chi connectivity index (χ2n) is 3.02. The summed E-state index contributed by atoms with van der Waals surface area (Å²) in [6.45, 7) is -0.340. The molecule has 2 N–H and O–H groups in total. The predicted molar refractivity (Wildman–Crippen MR) is 55.9 cm³/mol. The first-order chi connectivity index (χ1) is 7.66. The Balaban J connectivity index is 1.92. The largest absolute Gasteiger partial charge is 0.329 e. The maximum Gasteiger partial charge on any atom is 0.325 e. The molecule has 0 aromatic carbocycles. The maximum atomic E-state index is 11.4. The summed E-state index contributed by atoms with van der Waals surface area (Å²) in [6.07, 6.45) is 1.55. The Morgan fingerprint density at radius 1 is 1.62 bits per heavy atom. The van der Waals surface area contributed by atoms with Crippen molar-refractivity contribution < 1.29 is 14.4 Å². The first kappa shape index (κ1) is 10.6. The van der Waals surface area contributed by atoms with Crippen LogP contribution < -0.4 is 10.6 Å². The molecule has 0 atom stereocenters. The van der Waals surface area contributed by atoms with Crippen LogP contribution in [0, 0.1) is 0 Å². The van der Waals surface area contributed by atoms with Crippen LogP contribution in [0.3, 0.4) is 0 Å². The Labute approximate surface area is 94.5 Å². The van der Waals surface area contributed by atoms with Crippen LogP contribution in [0.15, 0.2) is 11.6 Å². The zero-order valence-corrected chi connectivity index (χ0v) is 8.91. The molecule has 16 heavy (non-hydrogen) atoms. The standard InChI is InChI=1S/C8H8N4O3S/c13-5(11-7-9-1-2-16-7)4-12-6(14)3-10-8(12)15/h1-2H,3-4H2,(H,10,15)(H,9,11,13). The van der Waals surface area contributed by atoms with Gasteiger partial charge in [-0.1, -0.05) is 0 Å². The Hall–Kier alpha value is -1.96. The van der Waals surface area contributed by atoms with E-state index < -0.39 is 17.8 Å². The van der Waals surface area contributed by atoms with Crippen LogP contribution >= 0.6 is 11.3 Å². The number of imide groups is 1. The summed E-state index contributed by atoms with van der Waals surface area (Å²) < 4.78 is 0. The maximum absolute atomic E-state index is 11.4. The number of nitrogens with one attached hydrogen (secondary N) is 2. The van der Waals surface area contributed by atoms with Crippen molar-refractivity contribution >= 4 is 34.3 Å².